The Morgan fingerprint density at radius 3 is 2.72 bits per heavy atom. The lowest BCUT2D eigenvalue weighted by Gasteiger charge is -2.38. The Morgan fingerprint density at radius 1 is 1.28 bits per heavy atom. The van der Waals surface area contributed by atoms with Gasteiger partial charge in [-0.1, -0.05) is 0 Å². The topological polar surface area (TPSA) is 103 Å². The van der Waals surface area contributed by atoms with E-state index in [-0.39, 0.29) is 6.04 Å². The lowest BCUT2D eigenvalue weighted by molar-refractivity contribution is 0.124. The van der Waals surface area contributed by atoms with Gasteiger partial charge in [0.05, 0.1) is 11.9 Å². The van der Waals surface area contributed by atoms with Crippen LogP contribution in [0.4, 0.5) is 10.5 Å². The summed E-state index contributed by atoms with van der Waals surface area (Å²) in [6.45, 7) is 0. The van der Waals surface area contributed by atoms with Crippen LogP contribution in [0, 0.1) is 0 Å². The third kappa shape index (κ3) is 2.55. The fourth-order valence-corrected chi connectivity index (χ4v) is 3.81. The highest BCUT2D eigenvalue weighted by Gasteiger charge is 2.29. The Labute approximate surface area is 144 Å². The maximum Gasteiger partial charge on any atom is 0.407 e. The lowest BCUT2D eigenvalue weighted by atomic mass is 9.89. The number of anilines is 1. The van der Waals surface area contributed by atoms with Gasteiger partial charge in [0.2, 0.25) is 0 Å². The summed E-state index contributed by atoms with van der Waals surface area (Å²) in [5.41, 5.74) is 3.54. The summed E-state index contributed by atoms with van der Waals surface area (Å²) < 4.78 is 1.94. The summed E-state index contributed by atoms with van der Waals surface area (Å²) in [6.07, 6.45) is 8.17. The van der Waals surface area contributed by atoms with Crippen LogP contribution in [0.15, 0.2) is 18.7 Å². The number of hydrogen-bond acceptors (Lipinski definition) is 5. The van der Waals surface area contributed by atoms with Crippen LogP contribution < -0.4 is 4.90 Å². The van der Waals surface area contributed by atoms with Crippen LogP contribution in [0.2, 0.25) is 0 Å². The number of fused-ring (bicyclic) bond motifs is 3. The predicted molar refractivity (Wildman–Crippen MR) is 92.9 cm³/mol. The monoisotopic (exact) mass is 343 g/mol. The van der Waals surface area contributed by atoms with Gasteiger partial charge in [0.1, 0.15) is 11.8 Å². The number of aromatic amines is 1. The molecule has 9 heteroatoms. The van der Waals surface area contributed by atoms with Crippen molar-refractivity contribution >= 4 is 28.6 Å². The van der Waals surface area contributed by atoms with Gasteiger partial charge in [-0.15, -0.1) is 10.2 Å². The molecule has 0 spiro atoms. The van der Waals surface area contributed by atoms with Gasteiger partial charge in [0.15, 0.2) is 11.3 Å². The molecule has 1 saturated carbocycles. The van der Waals surface area contributed by atoms with Crippen LogP contribution in [-0.2, 0) is 0 Å². The van der Waals surface area contributed by atoms with Crippen LogP contribution in [0.5, 0.6) is 0 Å². The van der Waals surface area contributed by atoms with Crippen LogP contribution in [0.25, 0.3) is 16.8 Å². The standard InChI is InChI=1S/C16H21N7O2/c1-21(10-3-5-11(6-4-10)22(2)16(24)25)12-7-17-15-14(12)23-9-19-20-13(23)8-18-15/h7-11,17H,3-6H2,1-2H3,(H,24,25). The number of nitrogens with one attached hydrogen (secondary N) is 1. The van der Waals surface area contributed by atoms with Gasteiger partial charge in [-0.25, -0.2) is 9.78 Å². The number of rotatable bonds is 3. The largest absolute Gasteiger partial charge is 0.465 e. The minimum absolute atomic E-state index is 0.108. The first-order chi connectivity index (χ1) is 12.1. The maximum atomic E-state index is 11.1. The zero-order chi connectivity index (χ0) is 17.6. The average molecular weight is 343 g/mol. The second-order valence-electron chi connectivity index (χ2n) is 6.66. The molecule has 4 rings (SSSR count). The van der Waals surface area contributed by atoms with E-state index in [4.69, 9.17) is 5.11 Å². The number of carboxylic acid groups (broad SMARTS) is 1. The highest BCUT2D eigenvalue weighted by molar-refractivity contribution is 5.88. The second-order valence-corrected chi connectivity index (χ2v) is 6.66. The van der Waals surface area contributed by atoms with Gasteiger partial charge in [-0.05, 0) is 25.7 Å². The third-order valence-electron chi connectivity index (χ3n) is 5.38. The molecular formula is C16H21N7O2. The summed E-state index contributed by atoms with van der Waals surface area (Å²) in [6, 6.07) is 0.473. The van der Waals surface area contributed by atoms with Crippen molar-refractivity contribution in [1.82, 2.24) is 29.5 Å². The van der Waals surface area contributed by atoms with E-state index in [0.29, 0.717) is 11.7 Å². The summed E-state index contributed by atoms with van der Waals surface area (Å²) in [5.74, 6) is 0. The van der Waals surface area contributed by atoms with E-state index < -0.39 is 6.09 Å². The zero-order valence-electron chi connectivity index (χ0n) is 14.3. The number of hydrogen-bond donors (Lipinski definition) is 2. The molecule has 25 heavy (non-hydrogen) atoms. The van der Waals surface area contributed by atoms with Gasteiger partial charge in [0, 0.05) is 32.4 Å². The van der Waals surface area contributed by atoms with Gasteiger partial charge < -0.3 is 19.9 Å². The first-order valence-electron chi connectivity index (χ1n) is 8.40. The van der Waals surface area contributed by atoms with E-state index in [1.807, 2.05) is 10.6 Å². The smallest absolute Gasteiger partial charge is 0.407 e. The highest BCUT2D eigenvalue weighted by atomic mass is 16.4. The third-order valence-corrected chi connectivity index (χ3v) is 5.38. The van der Waals surface area contributed by atoms with Crippen molar-refractivity contribution in [3.05, 3.63) is 18.7 Å². The molecule has 3 aromatic rings. The molecular weight excluding hydrogens is 322 g/mol. The molecule has 132 valence electrons. The molecule has 0 saturated heterocycles. The fourth-order valence-electron chi connectivity index (χ4n) is 3.81. The summed E-state index contributed by atoms with van der Waals surface area (Å²) in [5, 5.41) is 17.2. The van der Waals surface area contributed by atoms with Gasteiger partial charge in [0.25, 0.3) is 0 Å². The number of amides is 1. The zero-order valence-corrected chi connectivity index (χ0v) is 14.3. The lowest BCUT2D eigenvalue weighted by Crippen LogP contribution is -2.43. The Kier molecular flexibility index (Phi) is 3.70. The van der Waals surface area contributed by atoms with Crippen molar-refractivity contribution in [3.63, 3.8) is 0 Å². The molecule has 1 aliphatic carbocycles. The van der Waals surface area contributed by atoms with Crippen LogP contribution >= 0.6 is 0 Å². The molecule has 3 aromatic heterocycles. The predicted octanol–water partition coefficient (Wildman–Crippen LogP) is 1.96. The highest BCUT2D eigenvalue weighted by Crippen LogP contribution is 2.32. The normalized spacial score (nSPS) is 20.9. The van der Waals surface area contributed by atoms with Crippen LogP contribution in [0.3, 0.4) is 0 Å². The van der Waals surface area contributed by atoms with Gasteiger partial charge >= 0.3 is 6.09 Å². The minimum atomic E-state index is -0.852. The molecule has 1 amide bonds. The average Bonchev–Trinajstić information content (AvgIpc) is 3.26. The molecule has 0 radical (unpaired) electrons. The number of H-pyrrole nitrogens is 1. The number of aromatic nitrogens is 5. The van der Waals surface area contributed by atoms with Crippen molar-refractivity contribution in [2.45, 2.75) is 37.8 Å². The van der Waals surface area contributed by atoms with E-state index in [2.05, 4.69) is 32.1 Å². The molecule has 0 unspecified atom stereocenters. The first-order valence-corrected chi connectivity index (χ1v) is 8.40. The summed E-state index contributed by atoms with van der Waals surface area (Å²) in [4.78, 5) is 22.5. The molecule has 9 nitrogen and oxygen atoms in total. The second kappa shape index (κ2) is 5.91. The molecule has 3 heterocycles. The van der Waals surface area contributed by atoms with Crippen molar-refractivity contribution in [3.8, 4) is 0 Å². The molecule has 1 fully saturated rings. The van der Waals surface area contributed by atoms with Gasteiger partial charge in [-0.2, -0.15) is 0 Å². The number of carbonyl (C=O) groups is 1. The molecule has 0 aliphatic heterocycles. The van der Waals surface area contributed by atoms with E-state index in [1.165, 1.54) is 4.90 Å². The van der Waals surface area contributed by atoms with Crippen molar-refractivity contribution in [2.75, 3.05) is 19.0 Å². The number of nitrogens with zero attached hydrogens (tertiary/aromatic N) is 6. The van der Waals surface area contributed by atoms with E-state index in [0.717, 1.165) is 42.5 Å². The molecule has 0 bridgehead atoms. The van der Waals surface area contributed by atoms with E-state index in [9.17, 15) is 4.79 Å². The maximum absolute atomic E-state index is 11.1. The summed E-state index contributed by atoms with van der Waals surface area (Å²) in [7, 11) is 3.74. The summed E-state index contributed by atoms with van der Waals surface area (Å²) >= 11 is 0. The minimum Gasteiger partial charge on any atom is -0.465 e. The van der Waals surface area contributed by atoms with Crippen LogP contribution in [-0.4, -0.2) is 66.8 Å². The van der Waals surface area contributed by atoms with E-state index >= 15 is 0 Å². The molecule has 0 aromatic carbocycles. The Morgan fingerprint density at radius 2 is 2.00 bits per heavy atom. The van der Waals surface area contributed by atoms with Crippen molar-refractivity contribution < 1.29 is 9.90 Å². The van der Waals surface area contributed by atoms with Crippen molar-refractivity contribution in [2.24, 2.45) is 0 Å². The van der Waals surface area contributed by atoms with Gasteiger partial charge in [-0.3, -0.25) is 4.40 Å². The van der Waals surface area contributed by atoms with Crippen LogP contribution in [0.1, 0.15) is 25.7 Å². The molecule has 2 N–H and O–H groups in total. The van der Waals surface area contributed by atoms with E-state index in [1.54, 1.807) is 19.6 Å². The first kappa shape index (κ1) is 15.7. The Bertz CT molecular complexity index is 910. The Balaban J connectivity index is 1.58. The molecule has 0 atom stereocenters. The Hall–Kier alpha value is -2.84. The SMILES string of the molecule is CN(C(=O)O)C1CCC(N(C)c2c[nH]c3ncc4nncn4c23)CC1. The quantitative estimate of drug-likeness (QED) is 0.754. The molecule has 1 aliphatic rings. The van der Waals surface area contributed by atoms with Crippen molar-refractivity contribution in [1.29, 1.82) is 0 Å². The fraction of sp³-hybridized carbons (Fsp3) is 0.500.